The number of hydrogen-bond donors (Lipinski definition) is 2. The lowest BCUT2D eigenvalue weighted by molar-refractivity contribution is -0.114. The lowest BCUT2D eigenvalue weighted by atomic mass is 9.47. The first-order valence-corrected chi connectivity index (χ1v) is 8.52. The Morgan fingerprint density at radius 2 is 1.37 bits per heavy atom. The van der Waals surface area contributed by atoms with Crippen molar-refractivity contribution in [3.05, 3.63) is 0 Å². The summed E-state index contributed by atoms with van der Waals surface area (Å²) in [7, 11) is 0. The molecule has 0 atom stereocenters. The number of hydrogen-bond acceptors (Lipinski definition) is 2. The van der Waals surface area contributed by atoms with Crippen LogP contribution in [0.15, 0.2) is 0 Å². The average Bonchev–Trinajstić information content (AvgIpc) is 2.31. The van der Waals surface area contributed by atoms with Crippen LogP contribution in [0.2, 0.25) is 0 Å². The number of nitrogens with two attached hydrogens (primary N) is 1. The molecule has 0 aromatic carbocycles. The zero-order valence-corrected chi connectivity index (χ0v) is 12.1. The number of aliphatic hydroxyl groups is 1. The van der Waals surface area contributed by atoms with E-state index < -0.39 is 0 Å². The minimum Gasteiger partial charge on any atom is -0.390 e. The van der Waals surface area contributed by atoms with Crippen LogP contribution in [-0.4, -0.2) is 16.7 Å². The van der Waals surface area contributed by atoms with Gasteiger partial charge in [0.1, 0.15) is 0 Å². The van der Waals surface area contributed by atoms with E-state index in [0.29, 0.717) is 11.5 Å². The van der Waals surface area contributed by atoms with E-state index in [-0.39, 0.29) is 5.60 Å². The SMILES string of the molecule is NC1CCC(O)(CC23CC4CC(CC(C4)C2)C3)CC1. The van der Waals surface area contributed by atoms with Gasteiger partial charge in [-0.1, -0.05) is 0 Å². The van der Waals surface area contributed by atoms with Gasteiger partial charge in [0.15, 0.2) is 0 Å². The summed E-state index contributed by atoms with van der Waals surface area (Å²) in [6, 6.07) is 0.344. The van der Waals surface area contributed by atoms with Crippen LogP contribution in [-0.2, 0) is 0 Å². The molecule has 0 radical (unpaired) electrons. The second kappa shape index (κ2) is 4.21. The minimum absolute atomic E-state index is 0.344. The Labute approximate surface area is 117 Å². The second-order valence-electron chi connectivity index (χ2n) is 8.66. The molecule has 0 saturated heterocycles. The van der Waals surface area contributed by atoms with Gasteiger partial charge in [0.2, 0.25) is 0 Å². The van der Waals surface area contributed by atoms with Gasteiger partial charge in [0.05, 0.1) is 5.60 Å². The van der Waals surface area contributed by atoms with Crippen LogP contribution in [0, 0.1) is 23.2 Å². The Bertz CT molecular complexity index is 321. The summed E-state index contributed by atoms with van der Waals surface area (Å²) in [6.07, 6.45) is 13.8. The van der Waals surface area contributed by atoms with Crippen molar-refractivity contribution in [1.29, 1.82) is 0 Å². The quantitative estimate of drug-likeness (QED) is 0.803. The summed E-state index contributed by atoms with van der Waals surface area (Å²) in [6.45, 7) is 0. The van der Waals surface area contributed by atoms with Crippen LogP contribution in [0.1, 0.15) is 70.6 Å². The van der Waals surface area contributed by atoms with Gasteiger partial charge >= 0.3 is 0 Å². The van der Waals surface area contributed by atoms with E-state index in [1.54, 1.807) is 0 Å². The van der Waals surface area contributed by atoms with Gasteiger partial charge in [-0.25, -0.2) is 0 Å². The van der Waals surface area contributed by atoms with Crippen molar-refractivity contribution in [2.75, 3.05) is 0 Å². The largest absolute Gasteiger partial charge is 0.390 e. The topological polar surface area (TPSA) is 46.2 Å². The van der Waals surface area contributed by atoms with E-state index >= 15 is 0 Å². The van der Waals surface area contributed by atoms with E-state index in [2.05, 4.69) is 0 Å². The summed E-state index contributed by atoms with van der Waals surface area (Å²) in [4.78, 5) is 0. The van der Waals surface area contributed by atoms with Crippen molar-refractivity contribution < 1.29 is 5.11 Å². The van der Waals surface area contributed by atoms with Crippen LogP contribution in [0.5, 0.6) is 0 Å². The third-order valence-corrected chi connectivity index (χ3v) is 6.83. The van der Waals surface area contributed by atoms with Gasteiger partial charge in [-0.2, -0.15) is 0 Å². The first-order chi connectivity index (χ1) is 9.04. The summed E-state index contributed by atoms with van der Waals surface area (Å²) in [5.74, 6) is 3.00. The van der Waals surface area contributed by atoms with Crippen molar-refractivity contribution in [3.63, 3.8) is 0 Å². The molecule has 3 N–H and O–H groups in total. The van der Waals surface area contributed by atoms with Crippen molar-refractivity contribution >= 4 is 0 Å². The Balaban J connectivity index is 1.50. The third kappa shape index (κ3) is 2.25. The Morgan fingerprint density at radius 3 is 1.84 bits per heavy atom. The van der Waals surface area contributed by atoms with Crippen LogP contribution >= 0.6 is 0 Å². The molecule has 0 amide bonds. The maximum absolute atomic E-state index is 11.0. The molecule has 0 heterocycles. The molecule has 5 saturated carbocycles. The third-order valence-electron chi connectivity index (χ3n) is 6.83. The number of rotatable bonds is 2. The first-order valence-electron chi connectivity index (χ1n) is 8.52. The van der Waals surface area contributed by atoms with E-state index in [0.717, 1.165) is 49.9 Å². The second-order valence-corrected chi connectivity index (χ2v) is 8.66. The highest BCUT2D eigenvalue weighted by molar-refractivity contribution is 5.04. The van der Waals surface area contributed by atoms with E-state index in [4.69, 9.17) is 5.73 Å². The summed E-state index contributed by atoms with van der Waals surface area (Å²) < 4.78 is 0. The highest BCUT2D eigenvalue weighted by Crippen LogP contribution is 2.63. The van der Waals surface area contributed by atoms with E-state index in [1.807, 2.05) is 0 Å². The zero-order valence-electron chi connectivity index (χ0n) is 12.1. The van der Waals surface area contributed by atoms with Gasteiger partial charge in [0.25, 0.3) is 0 Å². The predicted molar refractivity (Wildman–Crippen MR) is 76.6 cm³/mol. The molecular formula is C17H29NO. The lowest BCUT2D eigenvalue weighted by Crippen LogP contribution is -2.51. The van der Waals surface area contributed by atoms with Crippen molar-refractivity contribution in [1.82, 2.24) is 0 Å². The average molecular weight is 263 g/mol. The molecule has 0 aromatic rings. The van der Waals surface area contributed by atoms with Gasteiger partial charge in [0, 0.05) is 6.04 Å². The molecule has 5 fully saturated rings. The fourth-order valence-corrected chi connectivity index (χ4v) is 6.56. The van der Waals surface area contributed by atoms with Crippen LogP contribution in [0.4, 0.5) is 0 Å². The maximum atomic E-state index is 11.0. The molecule has 2 heteroatoms. The Hall–Kier alpha value is -0.0800. The predicted octanol–water partition coefficient (Wildman–Crippen LogP) is 3.23. The molecule has 0 aromatic heterocycles. The highest BCUT2D eigenvalue weighted by Gasteiger charge is 2.53. The van der Waals surface area contributed by atoms with E-state index in [1.165, 1.54) is 38.5 Å². The van der Waals surface area contributed by atoms with Crippen LogP contribution < -0.4 is 5.73 Å². The van der Waals surface area contributed by atoms with Gasteiger partial charge in [-0.05, 0) is 93.8 Å². The molecular weight excluding hydrogens is 234 g/mol. The van der Waals surface area contributed by atoms with Gasteiger partial charge in [-0.3, -0.25) is 0 Å². The molecule has 108 valence electrons. The molecule has 0 spiro atoms. The Morgan fingerprint density at radius 1 is 0.895 bits per heavy atom. The summed E-state index contributed by atoms with van der Waals surface area (Å²) in [5.41, 5.74) is 6.15. The normalized spacial score (nSPS) is 56.5. The fourth-order valence-electron chi connectivity index (χ4n) is 6.56. The molecule has 4 bridgehead atoms. The van der Waals surface area contributed by atoms with Crippen LogP contribution in [0.3, 0.4) is 0 Å². The molecule has 5 aliphatic carbocycles. The summed E-state index contributed by atoms with van der Waals surface area (Å²) in [5, 5.41) is 11.0. The molecule has 5 aliphatic rings. The monoisotopic (exact) mass is 263 g/mol. The van der Waals surface area contributed by atoms with Crippen molar-refractivity contribution in [2.24, 2.45) is 28.9 Å². The van der Waals surface area contributed by atoms with Crippen LogP contribution in [0.25, 0.3) is 0 Å². The van der Waals surface area contributed by atoms with Gasteiger partial charge < -0.3 is 10.8 Å². The minimum atomic E-state index is -0.373. The van der Waals surface area contributed by atoms with Gasteiger partial charge in [-0.15, -0.1) is 0 Å². The standard InChI is InChI=1S/C17H29NO/c18-15-1-3-17(19,4-2-15)11-16-8-12-5-13(9-16)7-14(6-12)10-16/h12-15,19H,1-11,18H2. The fraction of sp³-hybridized carbons (Fsp3) is 1.00. The Kier molecular flexibility index (Phi) is 2.80. The van der Waals surface area contributed by atoms with Crippen molar-refractivity contribution in [3.8, 4) is 0 Å². The molecule has 2 nitrogen and oxygen atoms in total. The molecule has 5 rings (SSSR count). The van der Waals surface area contributed by atoms with Crippen molar-refractivity contribution in [2.45, 2.75) is 82.3 Å². The molecule has 0 unspecified atom stereocenters. The molecule has 0 aliphatic heterocycles. The van der Waals surface area contributed by atoms with E-state index in [9.17, 15) is 5.11 Å². The first kappa shape index (κ1) is 12.6. The smallest absolute Gasteiger partial charge is 0.0654 e. The lowest BCUT2D eigenvalue weighted by Gasteiger charge is -2.59. The molecule has 19 heavy (non-hydrogen) atoms. The maximum Gasteiger partial charge on any atom is 0.0654 e. The summed E-state index contributed by atoms with van der Waals surface area (Å²) >= 11 is 0. The zero-order chi connectivity index (χ0) is 13.1. The highest BCUT2D eigenvalue weighted by atomic mass is 16.3.